The molecule has 31 heavy (non-hydrogen) atoms. The number of nitrogens with zero attached hydrogens (tertiary/aromatic N) is 3. The van der Waals surface area contributed by atoms with Crippen LogP contribution >= 0.6 is 11.3 Å². The van der Waals surface area contributed by atoms with Gasteiger partial charge in [-0.25, -0.2) is 4.98 Å². The van der Waals surface area contributed by atoms with E-state index in [1.165, 1.54) is 16.2 Å². The Bertz CT molecular complexity index is 1190. The Morgan fingerprint density at radius 2 is 2.06 bits per heavy atom. The fourth-order valence-corrected chi connectivity index (χ4v) is 4.63. The van der Waals surface area contributed by atoms with Crippen LogP contribution in [0.25, 0.3) is 0 Å². The number of carbonyl (C=O) groups excluding carboxylic acids is 2. The second kappa shape index (κ2) is 8.31. The maximum absolute atomic E-state index is 13.5. The molecule has 0 aliphatic carbocycles. The summed E-state index contributed by atoms with van der Waals surface area (Å²) in [5.74, 6) is -0.934. The number of aliphatic hydroxyl groups is 1. The van der Waals surface area contributed by atoms with E-state index in [1.807, 2.05) is 19.1 Å². The first-order valence-corrected chi connectivity index (χ1v) is 10.5. The van der Waals surface area contributed by atoms with Crippen molar-refractivity contribution in [2.24, 2.45) is 0 Å². The molecule has 1 amide bonds. The average molecular weight is 436 g/mol. The minimum absolute atomic E-state index is 0.0499. The minimum Gasteiger partial charge on any atom is -0.503 e. The van der Waals surface area contributed by atoms with Crippen molar-refractivity contribution in [1.82, 2.24) is 14.9 Å². The standard InChI is InChI=1S/C23H21N3O4S/c1-13-22(31-14(2)25-13)20(27)18-19(16-7-4-8-17(10-16)30-3)26(23(29)21(18)28)12-15-6-5-9-24-11-15/h4-11,19,28H,12H2,1-3H3/t19-/m0/s1. The first-order chi connectivity index (χ1) is 14.9. The minimum atomic E-state index is -0.767. The largest absolute Gasteiger partial charge is 0.503 e. The molecule has 3 heterocycles. The number of methoxy groups -OCH3 is 1. The van der Waals surface area contributed by atoms with Crippen molar-refractivity contribution in [1.29, 1.82) is 0 Å². The summed E-state index contributed by atoms with van der Waals surface area (Å²) in [7, 11) is 1.55. The van der Waals surface area contributed by atoms with Crippen LogP contribution in [0, 0.1) is 13.8 Å². The van der Waals surface area contributed by atoms with E-state index < -0.39 is 23.5 Å². The molecule has 0 saturated heterocycles. The molecule has 0 saturated carbocycles. The second-order valence-electron chi connectivity index (χ2n) is 7.21. The average Bonchev–Trinajstić information content (AvgIpc) is 3.24. The smallest absolute Gasteiger partial charge is 0.290 e. The normalized spacial score (nSPS) is 16.2. The van der Waals surface area contributed by atoms with Gasteiger partial charge in [0.2, 0.25) is 5.78 Å². The van der Waals surface area contributed by atoms with Crippen LogP contribution in [0.15, 0.2) is 60.1 Å². The molecule has 4 rings (SSSR count). The highest BCUT2D eigenvalue weighted by Gasteiger charge is 2.44. The second-order valence-corrected chi connectivity index (χ2v) is 8.42. The number of rotatable bonds is 6. The molecule has 7 nitrogen and oxygen atoms in total. The first-order valence-electron chi connectivity index (χ1n) is 9.66. The molecule has 0 unspecified atom stereocenters. The fourth-order valence-electron chi connectivity index (χ4n) is 3.76. The van der Waals surface area contributed by atoms with Crippen molar-refractivity contribution in [2.45, 2.75) is 26.4 Å². The van der Waals surface area contributed by atoms with Gasteiger partial charge in [0.15, 0.2) is 5.76 Å². The van der Waals surface area contributed by atoms with Crippen LogP contribution < -0.4 is 4.74 Å². The Balaban J connectivity index is 1.83. The number of hydrogen-bond donors (Lipinski definition) is 1. The molecule has 0 fully saturated rings. The Morgan fingerprint density at radius 3 is 2.71 bits per heavy atom. The van der Waals surface area contributed by atoms with Crippen LogP contribution in [-0.2, 0) is 11.3 Å². The number of pyridine rings is 1. The molecule has 0 bridgehead atoms. The zero-order valence-electron chi connectivity index (χ0n) is 17.3. The van der Waals surface area contributed by atoms with E-state index in [4.69, 9.17) is 4.74 Å². The summed E-state index contributed by atoms with van der Waals surface area (Å²) in [5.41, 5.74) is 2.09. The Hall–Kier alpha value is -3.52. The van der Waals surface area contributed by atoms with Gasteiger partial charge < -0.3 is 14.7 Å². The van der Waals surface area contributed by atoms with E-state index in [9.17, 15) is 14.7 Å². The summed E-state index contributed by atoms with van der Waals surface area (Å²) < 4.78 is 5.34. The third-order valence-corrected chi connectivity index (χ3v) is 6.21. The number of aromatic nitrogens is 2. The first kappa shape index (κ1) is 20.7. The van der Waals surface area contributed by atoms with Crippen molar-refractivity contribution in [3.63, 3.8) is 0 Å². The van der Waals surface area contributed by atoms with Gasteiger partial charge in [0.05, 0.1) is 34.3 Å². The summed E-state index contributed by atoms with van der Waals surface area (Å²) >= 11 is 1.25. The van der Waals surface area contributed by atoms with Gasteiger partial charge in [-0.15, -0.1) is 11.3 Å². The van der Waals surface area contributed by atoms with Crippen molar-refractivity contribution in [3.8, 4) is 5.75 Å². The number of amides is 1. The lowest BCUT2D eigenvalue weighted by Crippen LogP contribution is -2.30. The van der Waals surface area contributed by atoms with Gasteiger partial charge in [-0.3, -0.25) is 14.6 Å². The molecule has 0 spiro atoms. The SMILES string of the molecule is COc1cccc([C@H]2C(C(=O)c3sc(C)nc3C)=C(O)C(=O)N2Cc2cccnc2)c1. The molecule has 1 aliphatic heterocycles. The zero-order chi connectivity index (χ0) is 22.1. The fraction of sp³-hybridized carbons (Fsp3) is 0.217. The molecule has 3 aromatic rings. The molecule has 1 aliphatic rings. The molecule has 1 aromatic carbocycles. The number of hydrogen-bond acceptors (Lipinski definition) is 7. The Labute approximate surface area is 183 Å². The molecule has 8 heteroatoms. The summed E-state index contributed by atoms with van der Waals surface area (Å²) in [6.45, 7) is 3.76. The third kappa shape index (κ3) is 3.82. The summed E-state index contributed by atoms with van der Waals surface area (Å²) in [5, 5.41) is 11.5. The summed E-state index contributed by atoms with van der Waals surface area (Å²) in [6, 6.07) is 10.0. The molecule has 158 valence electrons. The molecule has 1 atom stereocenters. The van der Waals surface area contributed by atoms with Crippen molar-refractivity contribution >= 4 is 23.0 Å². The summed E-state index contributed by atoms with van der Waals surface area (Å²) in [6.07, 6.45) is 3.30. The number of Topliss-reactive ketones (excluding diaryl/α,β-unsaturated/α-hetero) is 1. The Morgan fingerprint density at radius 1 is 1.26 bits per heavy atom. The number of ketones is 1. The number of aryl methyl sites for hydroxylation is 2. The highest BCUT2D eigenvalue weighted by atomic mass is 32.1. The predicted octanol–water partition coefficient (Wildman–Crippen LogP) is 3.94. The number of ether oxygens (including phenoxy) is 1. The van der Waals surface area contributed by atoms with Gasteiger partial charge in [0, 0.05) is 18.9 Å². The maximum atomic E-state index is 13.5. The highest BCUT2D eigenvalue weighted by molar-refractivity contribution is 7.14. The number of thiazole rings is 1. The number of aliphatic hydroxyl groups excluding tert-OH is 1. The van der Waals surface area contributed by atoms with E-state index >= 15 is 0 Å². The molecular formula is C23H21N3O4S. The highest BCUT2D eigenvalue weighted by Crippen LogP contribution is 2.41. The lowest BCUT2D eigenvalue weighted by atomic mass is 9.94. The van der Waals surface area contributed by atoms with Gasteiger partial charge in [0.1, 0.15) is 5.75 Å². The van der Waals surface area contributed by atoms with Gasteiger partial charge in [-0.05, 0) is 43.2 Å². The van der Waals surface area contributed by atoms with Crippen molar-refractivity contribution < 1.29 is 19.4 Å². The van der Waals surface area contributed by atoms with E-state index in [1.54, 1.807) is 50.7 Å². The lowest BCUT2D eigenvalue weighted by molar-refractivity contribution is -0.130. The van der Waals surface area contributed by atoms with E-state index in [-0.39, 0.29) is 12.1 Å². The quantitative estimate of drug-likeness (QED) is 0.590. The Kier molecular flexibility index (Phi) is 5.56. The van der Waals surface area contributed by atoms with Gasteiger partial charge >= 0.3 is 0 Å². The van der Waals surface area contributed by atoms with Gasteiger partial charge in [0.25, 0.3) is 5.91 Å². The van der Waals surface area contributed by atoms with E-state index in [0.717, 1.165) is 10.6 Å². The number of carbonyl (C=O) groups is 2. The summed E-state index contributed by atoms with van der Waals surface area (Å²) in [4.78, 5) is 36.9. The topological polar surface area (TPSA) is 92.6 Å². The van der Waals surface area contributed by atoms with Crippen LogP contribution in [0.4, 0.5) is 0 Å². The van der Waals surface area contributed by atoms with Crippen molar-refractivity contribution in [3.05, 3.63) is 86.8 Å². The van der Waals surface area contributed by atoms with Crippen LogP contribution in [0.2, 0.25) is 0 Å². The molecule has 0 radical (unpaired) electrons. The van der Waals surface area contributed by atoms with Crippen molar-refractivity contribution in [2.75, 3.05) is 7.11 Å². The van der Waals surface area contributed by atoms with Crippen LogP contribution in [0.1, 0.15) is 37.5 Å². The zero-order valence-corrected chi connectivity index (χ0v) is 18.1. The number of benzene rings is 1. The van der Waals surface area contributed by atoms with Crippen LogP contribution in [0.3, 0.4) is 0 Å². The van der Waals surface area contributed by atoms with Crippen LogP contribution in [0.5, 0.6) is 5.75 Å². The van der Waals surface area contributed by atoms with Crippen LogP contribution in [-0.4, -0.2) is 38.8 Å². The lowest BCUT2D eigenvalue weighted by Gasteiger charge is -2.27. The molecule has 2 aromatic heterocycles. The van der Waals surface area contributed by atoms with Gasteiger partial charge in [-0.2, -0.15) is 0 Å². The monoisotopic (exact) mass is 435 g/mol. The molecular weight excluding hydrogens is 414 g/mol. The third-order valence-electron chi connectivity index (χ3n) is 5.14. The van der Waals surface area contributed by atoms with E-state index in [0.29, 0.717) is 21.9 Å². The predicted molar refractivity (Wildman–Crippen MR) is 116 cm³/mol. The van der Waals surface area contributed by atoms with Gasteiger partial charge in [-0.1, -0.05) is 18.2 Å². The van der Waals surface area contributed by atoms with E-state index in [2.05, 4.69) is 9.97 Å². The maximum Gasteiger partial charge on any atom is 0.290 e. The molecule has 1 N–H and O–H groups in total.